The molecule has 1 unspecified atom stereocenters. The highest BCUT2D eigenvalue weighted by Gasteiger charge is 2.13. The van der Waals surface area contributed by atoms with E-state index in [0.29, 0.717) is 5.02 Å². The molecular weight excluding hydrogens is 194 g/mol. The maximum atomic E-state index is 11.2. The number of carboxylic acids is 1. The number of hydrogen-bond donors (Lipinski definition) is 1. The molecule has 0 aliphatic heterocycles. The maximum absolute atomic E-state index is 11.2. The van der Waals surface area contributed by atoms with Crippen LogP contribution in [0.1, 0.15) is 13.0 Å². The fourth-order valence-electron chi connectivity index (χ4n) is 0.898. The summed E-state index contributed by atoms with van der Waals surface area (Å²) in [6.07, 6.45) is 1.31. The van der Waals surface area contributed by atoms with Gasteiger partial charge in [-0.25, -0.2) is 4.79 Å². The number of aromatic nitrogens is 1. The number of carbonyl (C=O) groups is 1. The second-order valence-corrected chi connectivity index (χ2v) is 3.04. The first kappa shape index (κ1) is 9.80. The van der Waals surface area contributed by atoms with Crippen molar-refractivity contribution >= 4 is 17.6 Å². The van der Waals surface area contributed by atoms with E-state index in [1.165, 1.54) is 25.3 Å². The van der Waals surface area contributed by atoms with Crippen molar-refractivity contribution in [1.29, 1.82) is 0 Å². The zero-order valence-corrected chi connectivity index (χ0v) is 7.65. The summed E-state index contributed by atoms with van der Waals surface area (Å²) in [4.78, 5) is 21.7. The lowest BCUT2D eigenvalue weighted by Gasteiger charge is -2.09. The van der Waals surface area contributed by atoms with Crippen LogP contribution in [0.3, 0.4) is 0 Å². The molecule has 0 aliphatic rings. The Morgan fingerprint density at radius 2 is 2.23 bits per heavy atom. The zero-order chi connectivity index (χ0) is 10.0. The molecule has 1 N–H and O–H groups in total. The predicted molar refractivity (Wildman–Crippen MR) is 48.1 cm³/mol. The molecule has 1 heterocycles. The van der Waals surface area contributed by atoms with E-state index in [1.807, 2.05) is 0 Å². The van der Waals surface area contributed by atoms with Gasteiger partial charge in [-0.2, -0.15) is 0 Å². The highest BCUT2D eigenvalue weighted by atomic mass is 35.5. The van der Waals surface area contributed by atoms with Crippen LogP contribution in [-0.4, -0.2) is 15.6 Å². The Morgan fingerprint density at radius 1 is 1.62 bits per heavy atom. The minimum Gasteiger partial charge on any atom is -0.480 e. The number of rotatable bonds is 2. The Hall–Kier alpha value is -1.29. The average Bonchev–Trinajstić information content (AvgIpc) is 2.08. The van der Waals surface area contributed by atoms with Crippen LogP contribution in [0.15, 0.2) is 23.1 Å². The van der Waals surface area contributed by atoms with Gasteiger partial charge in [0.1, 0.15) is 6.04 Å². The minimum atomic E-state index is -1.07. The lowest BCUT2D eigenvalue weighted by Crippen LogP contribution is -2.26. The molecule has 0 aromatic carbocycles. The molecule has 0 saturated carbocycles. The first-order valence-corrected chi connectivity index (χ1v) is 4.00. The van der Waals surface area contributed by atoms with E-state index in [0.717, 1.165) is 4.57 Å². The van der Waals surface area contributed by atoms with Gasteiger partial charge >= 0.3 is 5.97 Å². The first-order valence-electron chi connectivity index (χ1n) is 3.63. The fraction of sp³-hybridized carbons (Fsp3) is 0.250. The zero-order valence-electron chi connectivity index (χ0n) is 6.90. The topological polar surface area (TPSA) is 59.3 Å². The summed E-state index contributed by atoms with van der Waals surface area (Å²) in [6.45, 7) is 1.42. The molecule has 0 amide bonds. The van der Waals surface area contributed by atoms with Crippen molar-refractivity contribution in [2.24, 2.45) is 0 Å². The standard InChI is InChI=1S/C8H8ClNO3/c1-5(8(12)13)10-4-6(9)2-3-7(10)11/h2-5H,1H3,(H,12,13). The molecule has 0 saturated heterocycles. The van der Waals surface area contributed by atoms with Crippen LogP contribution >= 0.6 is 11.6 Å². The molecule has 0 spiro atoms. The third-order valence-corrected chi connectivity index (χ3v) is 1.90. The van der Waals surface area contributed by atoms with Gasteiger partial charge in [-0.15, -0.1) is 0 Å². The van der Waals surface area contributed by atoms with E-state index in [4.69, 9.17) is 16.7 Å². The van der Waals surface area contributed by atoms with Gasteiger partial charge < -0.3 is 9.67 Å². The van der Waals surface area contributed by atoms with Gasteiger partial charge in [0.15, 0.2) is 0 Å². The largest absolute Gasteiger partial charge is 0.480 e. The SMILES string of the molecule is CC(C(=O)O)n1cc(Cl)ccc1=O. The van der Waals surface area contributed by atoms with Gasteiger partial charge in [0, 0.05) is 12.3 Å². The number of halogens is 1. The monoisotopic (exact) mass is 201 g/mol. The van der Waals surface area contributed by atoms with Crippen molar-refractivity contribution in [3.05, 3.63) is 33.7 Å². The molecule has 4 nitrogen and oxygen atoms in total. The van der Waals surface area contributed by atoms with Gasteiger partial charge in [0.05, 0.1) is 5.02 Å². The van der Waals surface area contributed by atoms with Crippen LogP contribution in [0, 0.1) is 0 Å². The summed E-state index contributed by atoms with van der Waals surface area (Å²) in [5, 5.41) is 8.99. The van der Waals surface area contributed by atoms with Crippen LogP contribution in [0.5, 0.6) is 0 Å². The Balaban J connectivity index is 3.21. The van der Waals surface area contributed by atoms with E-state index in [2.05, 4.69) is 0 Å². The molecule has 0 fully saturated rings. The molecular formula is C8H8ClNO3. The summed E-state index contributed by atoms with van der Waals surface area (Å²) < 4.78 is 1.07. The number of nitrogens with zero attached hydrogens (tertiary/aromatic N) is 1. The van der Waals surface area contributed by atoms with Crippen LogP contribution in [0.25, 0.3) is 0 Å². The Kier molecular flexibility index (Phi) is 2.72. The molecule has 13 heavy (non-hydrogen) atoms. The summed E-state index contributed by atoms with van der Waals surface area (Å²) in [5.74, 6) is -1.07. The van der Waals surface area contributed by atoms with E-state index >= 15 is 0 Å². The molecule has 70 valence electrons. The maximum Gasteiger partial charge on any atom is 0.326 e. The second-order valence-electron chi connectivity index (χ2n) is 2.61. The van der Waals surface area contributed by atoms with Crippen LogP contribution in [-0.2, 0) is 4.79 Å². The number of pyridine rings is 1. The minimum absolute atomic E-state index is 0.340. The predicted octanol–water partition coefficient (Wildman–Crippen LogP) is 1.15. The molecule has 0 aliphatic carbocycles. The van der Waals surface area contributed by atoms with Crippen LogP contribution in [0.2, 0.25) is 5.02 Å². The average molecular weight is 202 g/mol. The van der Waals surface area contributed by atoms with Crippen LogP contribution in [0.4, 0.5) is 0 Å². The first-order chi connectivity index (χ1) is 6.02. The quantitative estimate of drug-likeness (QED) is 0.781. The summed E-state index contributed by atoms with van der Waals surface area (Å²) in [5.41, 5.74) is -0.376. The number of hydrogen-bond acceptors (Lipinski definition) is 2. The molecule has 1 aromatic heterocycles. The third-order valence-electron chi connectivity index (χ3n) is 1.68. The van der Waals surface area contributed by atoms with Crippen molar-refractivity contribution in [3.8, 4) is 0 Å². The van der Waals surface area contributed by atoms with E-state index in [1.54, 1.807) is 0 Å². The molecule has 5 heteroatoms. The summed E-state index contributed by atoms with van der Waals surface area (Å²) >= 11 is 5.61. The lowest BCUT2D eigenvalue weighted by molar-refractivity contribution is -0.140. The Bertz CT molecular complexity index is 385. The normalized spacial score (nSPS) is 12.5. The fourth-order valence-corrected chi connectivity index (χ4v) is 1.07. The van der Waals surface area contributed by atoms with E-state index in [-0.39, 0.29) is 5.56 Å². The molecule has 0 bridgehead atoms. The van der Waals surface area contributed by atoms with Gasteiger partial charge in [-0.05, 0) is 13.0 Å². The molecule has 1 atom stereocenters. The molecule has 1 aromatic rings. The highest BCUT2D eigenvalue weighted by Crippen LogP contribution is 2.08. The van der Waals surface area contributed by atoms with Crippen molar-refractivity contribution in [2.75, 3.05) is 0 Å². The van der Waals surface area contributed by atoms with E-state index in [9.17, 15) is 9.59 Å². The van der Waals surface area contributed by atoms with E-state index < -0.39 is 12.0 Å². The third kappa shape index (κ3) is 2.09. The smallest absolute Gasteiger partial charge is 0.326 e. The lowest BCUT2D eigenvalue weighted by atomic mass is 10.3. The van der Waals surface area contributed by atoms with Crippen molar-refractivity contribution in [3.63, 3.8) is 0 Å². The van der Waals surface area contributed by atoms with Crippen molar-refractivity contribution in [1.82, 2.24) is 4.57 Å². The van der Waals surface area contributed by atoms with Gasteiger partial charge in [0.2, 0.25) is 0 Å². The number of carboxylic acid groups (broad SMARTS) is 1. The van der Waals surface area contributed by atoms with Gasteiger partial charge in [-0.3, -0.25) is 4.79 Å². The Labute approximate surface area is 79.4 Å². The van der Waals surface area contributed by atoms with Gasteiger partial charge in [0.25, 0.3) is 5.56 Å². The van der Waals surface area contributed by atoms with Crippen molar-refractivity contribution < 1.29 is 9.90 Å². The second kappa shape index (κ2) is 3.62. The molecule has 0 radical (unpaired) electrons. The van der Waals surface area contributed by atoms with Crippen molar-refractivity contribution in [2.45, 2.75) is 13.0 Å². The van der Waals surface area contributed by atoms with Gasteiger partial charge in [-0.1, -0.05) is 11.6 Å². The number of aliphatic carboxylic acids is 1. The Morgan fingerprint density at radius 3 is 2.77 bits per heavy atom. The summed E-state index contributed by atoms with van der Waals surface area (Å²) in [7, 11) is 0. The molecule has 1 rings (SSSR count). The highest BCUT2D eigenvalue weighted by molar-refractivity contribution is 6.30. The van der Waals surface area contributed by atoms with Crippen LogP contribution < -0.4 is 5.56 Å². The summed E-state index contributed by atoms with van der Waals surface area (Å²) in [6, 6.07) is 1.77.